The molecule has 0 aromatic carbocycles. The normalized spacial score (nSPS) is 16.8. The van der Waals surface area contributed by atoms with E-state index in [2.05, 4.69) is 36.4 Å². The zero-order chi connectivity index (χ0) is 18.8. The molecule has 144 valence electrons. The molecule has 10 heteroatoms. The van der Waals surface area contributed by atoms with E-state index in [1.54, 1.807) is 34.4 Å². The zero-order valence-corrected chi connectivity index (χ0v) is 17.3. The minimum Gasteiger partial charge on any atom is -0.419 e. The summed E-state index contributed by atoms with van der Waals surface area (Å²) in [5, 5.41) is 22.1. The van der Waals surface area contributed by atoms with Crippen LogP contribution in [-0.4, -0.2) is 37.7 Å². The molecular formula is C18H17N5O2S3. The van der Waals surface area contributed by atoms with E-state index in [1.807, 2.05) is 23.6 Å². The lowest BCUT2D eigenvalue weighted by Gasteiger charge is -2.13. The van der Waals surface area contributed by atoms with Crippen LogP contribution in [0.4, 0.5) is 0 Å². The van der Waals surface area contributed by atoms with E-state index < -0.39 is 0 Å². The Morgan fingerprint density at radius 1 is 1.07 bits per heavy atom. The van der Waals surface area contributed by atoms with E-state index in [0.29, 0.717) is 17.5 Å². The van der Waals surface area contributed by atoms with Gasteiger partial charge in [-0.1, -0.05) is 23.9 Å². The molecule has 0 N–H and O–H groups in total. The van der Waals surface area contributed by atoms with Crippen molar-refractivity contribution in [1.82, 2.24) is 25.0 Å². The molecule has 0 radical (unpaired) electrons. The fraction of sp³-hybridized carbons (Fsp3) is 0.333. The minimum absolute atomic E-state index is 0.211. The molecule has 4 aromatic rings. The SMILES string of the molecule is c1csc(-c2nnc(CSc3nnc(-c4cccs4)n3CC3CCCO3)o2)c1. The summed E-state index contributed by atoms with van der Waals surface area (Å²) in [7, 11) is 0. The molecule has 0 spiro atoms. The summed E-state index contributed by atoms with van der Waals surface area (Å²) in [6.07, 6.45) is 2.39. The fourth-order valence-electron chi connectivity index (χ4n) is 3.08. The van der Waals surface area contributed by atoms with E-state index >= 15 is 0 Å². The van der Waals surface area contributed by atoms with Crippen LogP contribution in [-0.2, 0) is 17.0 Å². The van der Waals surface area contributed by atoms with Crippen molar-refractivity contribution in [3.63, 3.8) is 0 Å². The van der Waals surface area contributed by atoms with Gasteiger partial charge in [-0.25, -0.2) is 0 Å². The number of thioether (sulfide) groups is 1. The number of thiophene rings is 2. The predicted octanol–water partition coefficient (Wildman–Crippen LogP) is 4.59. The lowest BCUT2D eigenvalue weighted by Crippen LogP contribution is -2.16. The molecule has 1 aliphatic heterocycles. The van der Waals surface area contributed by atoms with E-state index in [1.165, 1.54) is 0 Å². The lowest BCUT2D eigenvalue weighted by atomic mass is 10.2. The Morgan fingerprint density at radius 3 is 2.68 bits per heavy atom. The van der Waals surface area contributed by atoms with Crippen molar-refractivity contribution in [2.24, 2.45) is 0 Å². The molecular weight excluding hydrogens is 414 g/mol. The summed E-state index contributed by atoms with van der Waals surface area (Å²) in [6, 6.07) is 8.04. The van der Waals surface area contributed by atoms with Crippen LogP contribution >= 0.6 is 34.4 Å². The first-order chi connectivity index (χ1) is 13.9. The topological polar surface area (TPSA) is 78.9 Å². The Hall–Kier alpha value is -2.01. The highest BCUT2D eigenvalue weighted by Crippen LogP contribution is 2.31. The van der Waals surface area contributed by atoms with Crippen LogP contribution in [0.25, 0.3) is 21.5 Å². The van der Waals surface area contributed by atoms with Gasteiger partial charge < -0.3 is 9.15 Å². The van der Waals surface area contributed by atoms with Crippen LogP contribution in [0.5, 0.6) is 0 Å². The summed E-state index contributed by atoms with van der Waals surface area (Å²) in [4.78, 5) is 2.08. The quantitative estimate of drug-likeness (QED) is 0.396. The molecule has 5 heterocycles. The first-order valence-corrected chi connectivity index (χ1v) is 11.7. The number of rotatable bonds is 7. The molecule has 1 aliphatic rings. The van der Waals surface area contributed by atoms with E-state index in [9.17, 15) is 0 Å². The van der Waals surface area contributed by atoms with Gasteiger partial charge in [-0.15, -0.1) is 43.1 Å². The van der Waals surface area contributed by atoms with E-state index in [-0.39, 0.29) is 6.10 Å². The summed E-state index contributed by atoms with van der Waals surface area (Å²) in [5.41, 5.74) is 0. The smallest absolute Gasteiger partial charge is 0.257 e. The molecule has 0 bridgehead atoms. The van der Waals surface area contributed by atoms with Gasteiger partial charge in [0.2, 0.25) is 5.89 Å². The monoisotopic (exact) mass is 431 g/mol. The summed E-state index contributed by atoms with van der Waals surface area (Å²) in [5.74, 6) is 2.58. The Balaban J connectivity index is 1.35. The van der Waals surface area contributed by atoms with Gasteiger partial charge >= 0.3 is 0 Å². The highest BCUT2D eigenvalue weighted by Gasteiger charge is 2.22. The molecule has 1 fully saturated rings. The average Bonchev–Trinajstić information content (AvgIpc) is 3.53. The standard InChI is InChI=1S/C18H17N5O2S3/c1-4-12(24-7-1)10-23-16(13-5-2-8-26-13)20-22-18(23)28-11-15-19-21-17(25-15)14-6-3-9-27-14/h2-3,5-6,8-9,12H,1,4,7,10-11H2. The van der Waals surface area contributed by atoms with Crippen LogP contribution in [0.2, 0.25) is 0 Å². The van der Waals surface area contributed by atoms with Gasteiger partial charge in [-0.2, -0.15) is 0 Å². The average molecular weight is 432 g/mol. The molecule has 5 rings (SSSR count). The third-order valence-corrected chi connectivity index (χ3v) is 7.07. The molecule has 1 atom stereocenters. The van der Waals surface area contributed by atoms with Gasteiger partial charge in [0.25, 0.3) is 5.89 Å². The van der Waals surface area contributed by atoms with Crippen LogP contribution in [0, 0.1) is 0 Å². The van der Waals surface area contributed by atoms with Gasteiger partial charge in [0.1, 0.15) is 0 Å². The van der Waals surface area contributed by atoms with Crippen LogP contribution in [0.15, 0.2) is 44.6 Å². The molecule has 28 heavy (non-hydrogen) atoms. The summed E-state index contributed by atoms with van der Waals surface area (Å²) >= 11 is 4.81. The zero-order valence-electron chi connectivity index (χ0n) is 14.9. The maximum atomic E-state index is 5.84. The van der Waals surface area contributed by atoms with Gasteiger partial charge in [0, 0.05) is 6.61 Å². The third-order valence-electron chi connectivity index (χ3n) is 4.39. The Kier molecular flexibility index (Phi) is 5.26. The molecule has 1 saturated heterocycles. The Bertz CT molecular complexity index is 1020. The van der Waals surface area contributed by atoms with Crippen molar-refractivity contribution in [1.29, 1.82) is 0 Å². The van der Waals surface area contributed by atoms with Gasteiger partial charge in [-0.05, 0) is 35.7 Å². The molecule has 0 amide bonds. The minimum atomic E-state index is 0.211. The van der Waals surface area contributed by atoms with Gasteiger partial charge in [-0.3, -0.25) is 4.57 Å². The molecule has 0 saturated carbocycles. The number of ether oxygens (including phenoxy) is 1. The Labute approximate surface area is 173 Å². The molecule has 4 aromatic heterocycles. The van der Waals surface area contributed by atoms with Crippen LogP contribution in [0.1, 0.15) is 18.7 Å². The first kappa shape index (κ1) is 18.0. The van der Waals surface area contributed by atoms with Crippen LogP contribution in [0.3, 0.4) is 0 Å². The second-order valence-corrected chi connectivity index (χ2v) is 9.13. The molecule has 0 aliphatic carbocycles. The molecule has 1 unspecified atom stereocenters. The second kappa shape index (κ2) is 8.16. The maximum absolute atomic E-state index is 5.84. The van der Waals surface area contributed by atoms with E-state index in [4.69, 9.17) is 9.15 Å². The van der Waals surface area contributed by atoms with Crippen molar-refractivity contribution in [3.05, 3.63) is 40.9 Å². The Morgan fingerprint density at radius 2 is 1.93 bits per heavy atom. The maximum Gasteiger partial charge on any atom is 0.257 e. The number of aromatic nitrogens is 5. The highest BCUT2D eigenvalue weighted by molar-refractivity contribution is 7.98. The number of nitrogens with zero attached hydrogens (tertiary/aromatic N) is 5. The van der Waals surface area contributed by atoms with Crippen LogP contribution < -0.4 is 0 Å². The van der Waals surface area contributed by atoms with Crippen molar-refractivity contribution in [2.75, 3.05) is 6.61 Å². The largest absolute Gasteiger partial charge is 0.419 e. The van der Waals surface area contributed by atoms with Crippen molar-refractivity contribution < 1.29 is 9.15 Å². The number of hydrogen-bond acceptors (Lipinski definition) is 9. The molecule has 7 nitrogen and oxygen atoms in total. The van der Waals surface area contributed by atoms with E-state index in [0.717, 1.165) is 46.7 Å². The fourth-order valence-corrected chi connectivity index (χ4v) is 5.22. The third kappa shape index (κ3) is 3.77. The van der Waals surface area contributed by atoms with Gasteiger partial charge in [0.15, 0.2) is 11.0 Å². The summed E-state index contributed by atoms with van der Waals surface area (Å²) in [6.45, 7) is 1.59. The van der Waals surface area contributed by atoms with Crippen molar-refractivity contribution in [3.8, 4) is 21.5 Å². The first-order valence-electron chi connectivity index (χ1n) is 8.94. The summed E-state index contributed by atoms with van der Waals surface area (Å²) < 4.78 is 13.8. The van der Waals surface area contributed by atoms with Gasteiger partial charge in [0.05, 0.1) is 28.2 Å². The second-order valence-electron chi connectivity index (χ2n) is 6.30. The van der Waals surface area contributed by atoms with Crippen molar-refractivity contribution >= 4 is 34.4 Å². The highest BCUT2D eigenvalue weighted by atomic mass is 32.2. The lowest BCUT2D eigenvalue weighted by molar-refractivity contribution is 0.0953. The predicted molar refractivity (Wildman–Crippen MR) is 109 cm³/mol. The van der Waals surface area contributed by atoms with Crippen molar-refractivity contribution in [2.45, 2.75) is 36.4 Å². The number of hydrogen-bond donors (Lipinski definition) is 0.